The van der Waals surface area contributed by atoms with E-state index in [0.717, 1.165) is 0 Å². The zero-order chi connectivity index (χ0) is 10.1. The Morgan fingerprint density at radius 1 is 0.933 bits per heavy atom. The molecule has 0 saturated carbocycles. The normalized spacial score (nSPS) is 10.7. The average Bonchev–Trinajstić information content (AvgIpc) is 2.74. The molecule has 15 heavy (non-hydrogen) atoms. The van der Waals surface area contributed by atoms with Gasteiger partial charge >= 0.3 is 0 Å². The van der Waals surface area contributed by atoms with Crippen LogP contribution in [0.4, 0.5) is 0 Å². The van der Waals surface area contributed by atoms with Gasteiger partial charge in [0.15, 0.2) is 0 Å². The van der Waals surface area contributed by atoms with Crippen LogP contribution in [0.25, 0.3) is 22.3 Å². The van der Waals surface area contributed by atoms with Crippen LogP contribution in [-0.2, 0) is 0 Å². The van der Waals surface area contributed by atoms with Crippen molar-refractivity contribution in [1.29, 1.82) is 0 Å². The van der Waals surface area contributed by atoms with Crippen molar-refractivity contribution in [2.24, 2.45) is 0 Å². The van der Waals surface area contributed by atoms with Gasteiger partial charge < -0.3 is 0 Å². The van der Waals surface area contributed by atoms with Crippen LogP contribution in [0.2, 0.25) is 0 Å². The first-order valence-electron chi connectivity index (χ1n) is 4.86. The van der Waals surface area contributed by atoms with Crippen LogP contribution in [0.3, 0.4) is 0 Å². The van der Waals surface area contributed by atoms with Crippen molar-refractivity contribution in [3.05, 3.63) is 59.3 Å². The Balaban J connectivity index is 2.22. The van der Waals surface area contributed by atoms with Gasteiger partial charge in [-0.2, -0.15) is 11.3 Å². The van der Waals surface area contributed by atoms with E-state index in [2.05, 4.69) is 41.1 Å². The second-order valence-corrected chi connectivity index (χ2v) is 4.24. The summed E-state index contributed by atoms with van der Waals surface area (Å²) in [4.78, 5) is 0. The average molecular weight is 209 g/mol. The summed E-state index contributed by atoms with van der Waals surface area (Å²) in [6.45, 7) is 0. The molecule has 1 radical (unpaired) electrons. The van der Waals surface area contributed by atoms with Gasteiger partial charge in [-0.15, -0.1) is 0 Å². The molecule has 1 aliphatic carbocycles. The van der Waals surface area contributed by atoms with E-state index in [1.165, 1.54) is 22.3 Å². The van der Waals surface area contributed by atoms with Gasteiger partial charge in [-0.25, -0.2) is 0 Å². The maximum absolute atomic E-state index is 3.12. The summed E-state index contributed by atoms with van der Waals surface area (Å²) in [5.41, 5.74) is 5.19. The SMILES string of the molecule is [c]1cccc(-c2ccc3csccc2-3)c1. The third kappa shape index (κ3) is 1.45. The van der Waals surface area contributed by atoms with Crippen molar-refractivity contribution >= 4 is 11.3 Å². The predicted octanol–water partition coefficient (Wildman–Crippen LogP) is 4.32. The van der Waals surface area contributed by atoms with E-state index in [4.69, 9.17) is 0 Å². The quantitative estimate of drug-likeness (QED) is 0.560. The maximum atomic E-state index is 3.12. The van der Waals surface area contributed by atoms with Crippen LogP contribution in [0.5, 0.6) is 0 Å². The van der Waals surface area contributed by atoms with Crippen molar-refractivity contribution in [1.82, 2.24) is 0 Å². The first kappa shape index (κ1) is 8.69. The third-order valence-electron chi connectivity index (χ3n) is 2.56. The predicted molar refractivity (Wildman–Crippen MR) is 65.2 cm³/mol. The van der Waals surface area contributed by atoms with Crippen LogP contribution >= 0.6 is 11.3 Å². The number of hydrogen-bond acceptors (Lipinski definition) is 1. The molecule has 71 valence electrons. The molecular formula is C14H9S. The minimum absolute atomic E-state index is 1.24. The monoisotopic (exact) mass is 209 g/mol. The van der Waals surface area contributed by atoms with Gasteiger partial charge in [0.1, 0.15) is 0 Å². The van der Waals surface area contributed by atoms with E-state index in [-0.39, 0.29) is 0 Å². The summed E-state index contributed by atoms with van der Waals surface area (Å²) in [5.74, 6) is 0. The van der Waals surface area contributed by atoms with E-state index >= 15 is 0 Å². The molecule has 3 rings (SSSR count). The van der Waals surface area contributed by atoms with E-state index in [9.17, 15) is 0 Å². The molecule has 0 nitrogen and oxygen atoms in total. The summed E-state index contributed by atoms with van der Waals surface area (Å²) in [5, 5.41) is 4.31. The lowest BCUT2D eigenvalue weighted by molar-refractivity contribution is 1.66. The van der Waals surface area contributed by atoms with Gasteiger partial charge in [0, 0.05) is 0 Å². The van der Waals surface area contributed by atoms with Gasteiger partial charge in [-0.1, -0.05) is 30.3 Å². The van der Waals surface area contributed by atoms with E-state index in [1.54, 1.807) is 11.3 Å². The van der Waals surface area contributed by atoms with Gasteiger partial charge in [-0.3, -0.25) is 0 Å². The molecule has 2 aliphatic rings. The van der Waals surface area contributed by atoms with Crippen LogP contribution in [-0.4, -0.2) is 0 Å². The van der Waals surface area contributed by atoms with Crippen LogP contribution in [0, 0.1) is 6.07 Å². The van der Waals surface area contributed by atoms with E-state index < -0.39 is 0 Å². The zero-order valence-corrected chi connectivity index (χ0v) is 8.92. The molecule has 0 fully saturated rings. The summed E-state index contributed by atoms with van der Waals surface area (Å²) in [7, 11) is 0. The number of fused-ring (bicyclic) bond motifs is 1. The Kier molecular flexibility index (Phi) is 2.04. The molecule has 1 aromatic rings. The van der Waals surface area contributed by atoms with E-state index in [0.29, 0.717) is 0 Å². The molecule has 0 unspecified atom stereocenters. The first-order chi connectivity index (χ1) is 7.45. The van der Waals surface area contributed by atoms with Crippen molar-refractivity contribution in [3.63, 3.8) is 0 Å². The fourth-order valence-corrected chi connectivity index (χ4v) is 2.47. The molecule has 1 heteroatoms. The Bertz CT molecular complexity index is 536. The molecule has 0 N–H and O–H groups in total. The number of benzene rings is 1. The zero-order valence-electron chi connectivity index (χ0n) is 8.10. The van der Waals surface area contributed by atoms with Crippen molar-refractivity contribution in [2.45, 2.75) is 0 Å². The first-order valence-corrected chi connectivity index (χ1v) is 5.81. The fourth-order valence-electron chi connectivity index (χ4n) is 1.83. The molecule has 0 amide bonds. The molecule has 0 spiro atoms. The Morgan fingerprint density at radius 3 is 2.73 bits per heavy atom. The Hall–Kier alpha value is -1.60. The smallest absolute Gasteiger partial charge is 0.00148 e. The molecule has 0 saturated heterocycles. The number of hydrogen-bond donors (Lipinski definition) is 0. The topological polar surface area (TPSA) is 0 Å². The molecular weight excluding hydrogens is 200 g/mol. The van der Waals surface area contributed by atoms with Crippen molar-refractivity contribution in [2.75, 3.05) is 0 Å². The summed E-state index contributed by atoms with van der Waals surface area (Å²) in [6, 6.07) is 17.8. The van der Waals surface area contributed by atoms with Crippen LogP contribution in [0.15, 0.2) is 53.2 Å². The second kappa shape index (κ2) is 3.52. The van der Waals surface area contributed by atoms with Gasteiger partial charge in [0.2, 0.25) is 0 Å². The molecule has 0 aromatic heterocycles. The maximum Gasteiger partial charge on any atom is -0.00148 e. The molecule has 1 aromatic carbocycles. The molecule has 0 bridgehead atoms. The van der Waals surface area contributed by atoms with Gasteiger partial charge in [-0.05, 0) is 51.2 Å². The Morgan fingerprint density at radius 2 is 1.87 bits per heavy atom. The lowest BCUT2D eigenvalue weighted by Gasteiger charge is -2.02. The van der Waals surface area contributed by atoms with Crippen LogP contribution in [0.1, 0.15) is 0 Å². The highest BCUT2D eigenvalue weighted by Gasteiger charge is 2.09. The molecule has 0 atom stereocenters. The second-order valence-electron chi connectivity index (χ2n) is 3.46. The van der Waals surface area contributed by atoms with Gasteiger partial charge in [0.25, 0.3) is 0 Å². The number of rotatable bonds is 1. The van der Waals surface area contributed by atoms with E-state index in [1.807, 2.05) is 18.2 Å². The summed E-state index contributed by atoms with van der Waals surface area (Å²) in [6.07, 6.45) is 0. The lowest BCUT2D eigenvalue weighted by atomic mass is 10.0. The largest absolute Gasteiger partial charge is 0.152 e. The summed E-state index contributed by atoms with van der Waals surface area (Å²) < 4.78 is 0. The van der Waals surface area contributed by atoms with Crippen molar-refractivity contribution in [3.8, 4) is 22.3 Å². The highest BCUT2D eigenvalue weighted by Crippen LogP contribution is 2.35. The molecule has 1 aliphatic heterocycles. The molecule has 1 heterocycles. The minimum atomic E-state index is 1.24. The lowest BCUT2D eigenvalue weighted by Crippen LogP contribution is -1.76. The minimum Gasteiger partial charge on any atom is -0.152 e. The standard InChI is InChI=1S/C14H9S/c1-2-4-11(5-3-1)13-7-6-12-10-15-9-8-14(12)13/h1-2,4-10H. The van der Waals surface area contributed by atoms with Gasteiger partial charge in [0.05, 0.1) is 0 Å². The highest BCUT2D eigenvalue weighted by molar-refractivity contribution is 7.07. The summed E-state index contributed by atoms with van der Waals surface area (Å²) >= 11 is 1.73. The third-order valence-corrected chi connectivity index (χ3v) is 3.24. The van der Waals surface area contributed by atoms with Crippen LogP contribution < -0.4 is 0 Å². The van der Waals surface area contributed by atoms with Crippen molar-refractivity contribution < 1.29 is 0 Å². The fraction of sp³-hybridized carbons (Fsp3) is 0. The highest BCUT2D eigenvalue weighted by atomic mass is 32.1. The Labute approximate surface area is 93.2 Å².